The third kappa shape index (κ3) is 3.41. The number of aromatic nitrogens is 2. The summed E-state index contributed by atoms with van der Waals surface area (Å²) in [6.45, 7) is 3.10. The summed E-state index contributed by atoms with van der Waals surface area (Å²) in [7, 11) is 0. The summed E-state index contributed by atoms with van der Waals surface area (Å²) in [6, 6.07) is 11.3. The molecule has 30 heavy (non-hydrogen) atoms. The van der Waals surface area contributed by atoms with Crippen molar-refractivity contribution < 1.29 is 9.59 Å². The van der Waals surface area contributed by atoms with Crippen LogP contribution in [0.3, 0.4) is 0 Å². The Morgan fingerprint density at radius 3 is 2.60 bits per heavy atom. The monoisotopic (exact) mass is 402 g/mol. The zero-order valence-electron chi connectivity index (χ0n) is 16.5. The molecule has 2 aromatic heterocycles. The van der Waals surface area contributed by atoms with E-state index in [0.717, 1.165) is 41.1 Å². The first kappa shape index (κ1) is 18.4. The summed E-state index contributed by atoms with van der Waals surface area (Å²) >= 11 is 0. The van der Waals surface area contributed by atoms with Gasteiger partial charge in [0.2, 0.25) is 5.91 Å². The topological polar surface area (TPSA) is 99.3 Å². The summed E-state index contributed by atoms with van der Waals surface area (Å²) in [5.41, 5.74) is 1.49. The normalized spacial score (nSPS) is 21.8. The standard InChI is InChI=1S/C22H22N6O2/c1-13(29)25-19-6-3-8-24-21(19)28-11-16-17(12-28)20(16)27-22(30)26-18-5-2-4-14-10-23-9-7-15(14)18/h2-10,16-17,20H,11-12H2,1H3,(H,25,29)(H2,26,27,30). The van der Waals surface area contributed by atoms with Gasteiger partial charge in [-0.3, -0.25) is 9.78 Å². The van der Waals surface area contributed by atoms with Crippen molar-refractivity contribution in [1.82, 2.24) is 15.3 Å². The minimum atomic E-state index is -0.193. The molecule has 2 aliphatic rings. The molecule has 1 aliphatic carbocycles. The van der Waals surface area contributed by atoms with Crippen LogP contribution in [-0.2, 0) is 4.79 Å². The highest BCUT2D eigenvalue weighted by atomic mass is 16.2. The van der Waals surface area contributed by atoms with Crippen LogP contribution >= 0.6 is 0 Å². The van der Waals surface area contributed by atoms with Gasteiger partial charge in [-0.25, -0.2) is 9.78 Å². The van der Waals surface area contributed by atoms with Gasteiger partial charge in [-0.2, -0.15) is 0 Å². The number of hydrogen-bond donors (Lipinski definition) is 3. The second-order valence-electron chi connectivity index (χ2n) is 7.82. The Bertz CT molecular complexity index is 1120. The Balaban J connectivity index is 1.20. The molecule has 1 saturated carbocycles. The van der Waals surface area contributed by atoms with Crippen LogP contribution < -0.4 is 20.9 Å². The SMILES string of the molecule is CC(=O)Nc1cccnc1N1CC2C(C1)C2NC(=O)Nc1cccc2cnccc12. The molecule has 2 atom stereocenters. The summed E-state index contributed by atoms with van der Waals surface area (Å²) < 4.78 is 0. The zero-order chi connectivity index (χ0) is 20.7. The van der Waals surface area contributed by atoms with E-state index in [1.54, 1.807) is 18.6 Å². The maximum Gasteiger partial charge on any atom is 0.319 e. The van der Waals surface area contributed by atoms with Crippen LogP contribution in [0.1, 0.15) is 6.92 Å². The van der Waals surface area contributed by atoms with E-state index in [-0.39, 0.29) is 18.0 Å². The van der Waals surface area contributed by atoms with Gasteiger partial charge in [0.15, 0.2) is 5.82 Å². The van der Waals surface area contributed by atoms with E-state index in [9.17, 15) is 9.59 Å². The summed E-state index contributed by atoms with van der Waals surface area (Å²) in [5.74, 6) is 1.45. The van der Waals surface area contributed by atoms with E-state index < -0.39 is 0 Å². The van der Waals surface area contributed by atoms with Crippen molar-refractivity contribution in [2.24, 2.45) is 11.8 Å². The second kappa shape index (κ2) is 7.29. The van der Waals surface area contributed by atoms with Crippen molar-refractivity contribution in [1.29, 1.82) is 0 Å². The Labute approximate surface area is 173 Å². The molecule has 1 aliphatic heterocycles. The molecule has 152 valence electrons. The highest BCUT2D eigenvalue weighted by Gasteiger charge is 2.57. The highest BCUT2D eigenvalue weighted by Crippen LogP contribution is 2.47. The van der Waals surface area contributed by atoms with E-state index in [4.69, 9.17) is 0 Å². The number of anilines is 3. The minimum Gasteiger partial charge on any atom is -0.354 e. The molecule has 8 nitrogen and oxygen atoms in total. The van der Waals surface area contributed by atoms with E-state index in [0.29, 0.717) is 11.8 Å². The summed E-state index contributed by atoms with van der Waals surface area (Å²) in [6.07, 6.45) is 5.23. The van der Waals surface area contributed by atoms with Crippen LogP contribution in [0, 0.1) is 11.8 Å². The number of pyridine rings is 2. The molecule has 3 heterocycles. The summed E-state index contributed by atoms with van der Waals surface area (Å²) in [5, 5.41) is 10.9. The van der Waals surface area contributed by atoms with Gasteiger partial charge in [0.25, 0.3) is 0 Å². The molecular weight excluding hydrogens is 380 g/mol. The third-order valence-electron chi connectivity index (χ3n) is 5.82. The average Bonchev–Trinajstić information content (AvgIpc) is 3.17. The molecule has 3 amide bonds. The van der Waals surface area contributed by atoms with Gasteiger partial charge in [-0.1, -0.05) is 12.1 Å². The van der Waals surface area contributed by atoms with Gasteiger partial charge in [-0.15, -0.1) is 0 Å². The molecule has 1 aromatic carbocycles. The number of carbonyl (C=O) groups is 2. The average molecular weight is 402 g/mol. The fraction of sp³-hybridized carbons (Fsp3) is 0.273. The number of nitrogens with zero attached hydrogens (tertiary/aromatic N) is 3. The Morgan fingerprint density at radius 2 is 1.80 bits per heavy atom. The van der Waals surface area contributed by atoms with Crippen LogP contribution in [-0.4, -0.2) is 41.0 Å². The van der Waals surface area contributed by atoms with Crippen LogP contribution in [0.4, 0.5) is 22.0 Å². The number of fused-ring (bicyclic) bond motifs is 2. The van der Waals surface area contributed by atoms with Crippen molar-refractivity contribution in [3.05, 3.63) is 55.0 Å². The molecule has 1 saturated heterocycles. The van der Waals surface area contributed by atoms with Gasteiger partial charge in [-0.05, 0) is 24.3 Å². The molecule has 0 radical (unpaired) electrons. The zero-order valence-corrected chi connectivity index (χ0v) is 16.5. The molecule has 5 rings (SSSR count). The lowest BCUT2D eigenvalue weighted by Gasteiger charge is -2.23. The lowest BCUT2D eigenvalue weighted by molar-refractivity contribution is -0.114. The Kier molecular flexibility index (Phi) is 4.46. The molecule has 3 N–H and O–H groups in total. The lowest BCUT2D eigenvalue weighted by atomic mass is 10.1. The maximum absolute atomic E-state index is 12.6. The van der Waals surface area contributed by atoms with Crippen molar-refractivity contribution in [3.63, 3.8) is 0 Å². The van der Waals surface area contributed by atoms with Crippen molar-refractivity contribution >= 4 is 39.9 Å². The van der Waals surface area contributed by atoms with Crippen LogP contribution in [0.25, 0.3) is 10.8 Å². The van der Waals surface area contributed by atoms with Gasteiger partial charge >= 0.3 is 6.03 Å². The third-order valence-corrected chi connectivity index (χ3v) is 5.82. The van der Waals surface area contributed by atoms with Crippen LogP contribution in [0.2, 0.25) is 0 Å². The number of piperidine rings is 1. The van der Waals surface area contributed by atoms with Crippen molar-refractivity contribution in [2.45, 2.75) is 13.0 Å². The number of rotatable bonds is 4. The quantitative estimate of drug-likeness (QED) is 0.623. The fourth-order valence-electron chi connectivity index (χ4n) is 4.39. The number of urea groups is 1. The smallest absolute Gasteiger partial charge is 0.319 e. The van der Waals surface area contributed by atoms with Crippen molar-refractivity contribution in [3.8, 4) is 0 Å². The number of carbonyl (C=O) groups excluding carboxylic acids is 2. The van der Waals surface area contributed by atoms with Crippen LogP contribution in [0.15, 0.2) is 55.0 Å². The van der Waals surface area contributed by atoms with Crippen LogP contribution in [0.5, 0.6) is 0 Å². The number of amides is 3. The first-order chi connectivity index (χ1) is 14.6. The minimum absolute atomic E-state index is 0.117. The molecule has 8 heteroatoms. The molecule has 2 unspecified atom stereocenters. The van der Waals surface area contributed by atoms with E-state index in [1.165, 1.54) is 6.92 Å². The fourth-order valence-corrected chi connectivity index (χ4v) is 4.39. The number of nitrogens with one attached hydrogen (secondary N) is 3. The van der Waals surface area contributed by atoms with E-state index in [2.05, 4.69) is 30.8 Å². The highest BCUT2D eigenvalue weighted by molar-refractivity contribution is 6.01. The molecule has 0 bridgehead atoms. The molecule has 2 fully saturated rings. The predicted molar refractivity (Wildman–Crippen MR) is 115 cm³/mol. The van der Waals surface area contributed by atoms with Gasteiger partial charge in [0.05, 0.1) is 11.4 Å². The van der Waals surface area contributed by atoms with Gasteiger partial charge in [0.1, 0.15) is 0 Å². The lowest BCUT2D eigenvalue weighted by Crippen LogP contribution is -2.37. The van der Waals surface area contributed by atoms with E-state index >= 15 is 0 Å². The largest absolute Gasteiger partial charge is 0.354 e. The first-order valence-electron chi connectivity index (χ1n) is 9.98. The van der Waals surface area contributed by atoms with Crippen molar-refractivity contribution in [2.75, 3.05) is 28.6 Å². The molecular formula is C22H22N6O2. The number of benzene rings is 1. The van der Waals surface area contributed by atoms with Gasteiger partial charge < -0.3 is 20.9 Å². The van der Waals surface area contributed by atoms with Gasteiger partial charge in [0, 0.05) is 67.3 Å². The van der Waals surface area contributed by atoms with E-state index in [1.807, 2.05) is 36.4 Å². The summed E-state index contributed by atoms with van der Waals surface area (Å²) in [4.78, 5) is 34.7. The molecule has 3 aromatic rings. The Morgan fingerprint density at radius 1 is 1.00 bits per heavy atom. The molecule has 0 spiro atoms. The predicted octanol–water partition coefficient (Wildman–Crippen LogP) is 2.84. The Hall–Kier alpha value is -3.68. The number of hydrogen-bond acceptors (Lipinski definition) is 5. The maximum atomic E-state index is 12.6. The first-order valence-corrected chi connectivity index (χ1v) is 9.98. The second-order valence-corrected chi connectivity index (χ2v) is 7.82.